The van der Waals surface area contributed by atoms with Crippen LogP contribution in [0.25, 0.3) is 0 Å². The Kier molecular flexibility index (Phi) is 5.44. The van der Waals surface area contributed by atoms with E-state index in [-0.39, 0.29) is 17.6 Å². The number of carbonyl (C=O) groups is 1. The van der Waals surface area contributed by atoms with Crippen molar-refractivity contribution in [1.82, 2.24) is 10.6 Å². The molecule has 1 aliphatic heterocycles. The van der Waals surface area contributed by atoms with Gasteiger partial charge in [0.2, 0.25) is 5.91 Å². The molecule has 0 aromatic rings. The van der Waals surface area contributed by atoms with Gasteiger partial charge in [0, 0.05) is 19.2 Å². The fraction of sp³-hybridized carbons (Fsp3) is 0.938. The van der Waals surface area contributed by atoms with Gasteiger partial charge >= 0.3 is 0 Å². The number of amides is 1. The van der Waals surface area contributed by atoms with E-state index in [0.29, 0.717) is 12.0 Å². The Bertz CT molecular complexity index is 324. The number of hydrogen-bond donors (Lipinski definition) is 2. The molecule has 0 bridgehead atoms. The maximum atomic E-state index is 12.0. The molecule has 1 aliphatic carbocycles. The Morgan fingerprint density at radius 2 is 2.00 bits per heavy atom. The van der Waals surface area contributed by atoms with Gasteiger partial charge in [-0.05, 0) is 38.5 Å². The zero-order valence-electron chi connectivity index (χ0n) is 13.2. The second-order valence-electron chi connectivity index (χ2n) is 6.96. The molecule has 0 aromatic heterocycles. The lowest BCUT2D eigenvalue weighted by atomic mass is 9.88. The Morgan fingerprint density at radius 1 is 1.30 bits per heavy atom. The molecule has 2 unspecified atom stereocenters. The number of ether oxygens (including phenoxy) is 1. The Hall–Kier alpha value is -0.610. The van der Waals surface area contributed by atoms with Gasteiger partial charge in [0.25, 0.3) is 0 Å². The first-order valence-corrected chi connectivity index (χ1v) is 8.18. The van der Waals surface area contributed by atoms with Gasteiger partial charge in [-0.2, -0.15) is 0 Å². The van der Waals surface area contributed by atoms with Gasteiger partial charge in [-0.1, -0.05) is 26.7 Å². The molecular weight excluding hydrogens is 252 g/mol. The van der Waals surface area contributed by atoms with E-state index in [1.165, 1.54) is 25.7 Å². The van der Waals surface area contributed by atoms with Crippen molar-refractivity contribution < 1.29 is 9.53 Å². The second kappa shape index (κ2) is 6.90. The average molecular weight is 282 g/mol. The molecule has 1 spiro atoms. The van der Waals surface area contributed by atoms with Gasteiger partial charge < -0.3 is 15.4 Å². The van der Waals surface area contributed by atoms with Crippen molar-refractivity contribution in [3.63, 3.8) is 0 Å². The number of hydrogen-bond acceptors (Lipinski definition) is 3. The summed E-state index contributed by atoms with van der Waals surface area (Å²) in [7, 11) is 0. The topological polar surface area (TPSA) is 50.4 Å². The number of rotatable bonds is 5. The molecule has 2 atom stereocenters. The van der Waals surface area contributed by atoms with E-state index >= 15 is 0 Å². The minimum Gasteiger partial charge on any atom is -0.375 e. The fourth-order valence-corrected chi connectivity index (χ4v) is 3.42. The first kappa shape index (κ1) is 15.8. The zero-order valence-corrected chi connectivity index (χ0v) is 13.2. The van der Waals surface area contributed by atoms with E-state index in [4.69, 9.17) is 4.74 Å². The Morgan fingerprint density at radius 3 is 2.65 bits per heavy atom. The molecule has 20 heavy (non-hydrogen) atoms. The van der Waals surface area contributed by atoms with Gasteiger partial charge in [-0.3, -0.25) is 4.79 Å². The lowest BCUT2D eigenvalue weighted by Gasteiger charge is -2.39. The van der Waals surface area contributed by atoms with E-state index in [0.717, 1.165) is 26.0 Å². The third-order valence-electron chi connectivity index (χ3n) is 4.57. The van der Waals surface area contributed by atoms with Crippen LogP contribution in [0.15, 0.2) is 0 Å². The summed E-state index contributed by atoms with van der Waals surface area (Å²) in [5.74, 6) is 0.613. The molecule has 1 amide bonds. The van der Waals surface area contributed by atoms with Crippen molar-refractivity contribution in [2.75, 3.05) is 13.2 Å². The number of nitrogens with one attached hydrogen (secondary N) is 2. The summed E-state index contributed by atoms with van der Waals surface area (Å²) in [5, 5.41) is 6.50. The van der Waals surface area contributed by atoms with Gasteiger partial charge in [0.15, 0.2) is 0 Å². The highest BCUT2D eigenvalue weighted by Crippen LogP contribution is 2.39. The zero-order chi connectivity index (χ0) is 14.6. The van der Waals surface area contributed by atoms with Gasteiger partial charge in [-0.15, -0.1) is 0 Å². The van der Waals surface area contributed by atoms with Gasteiger partial charge in [-0.25, -0.2) is 0 Å². The first-order chi connectivity index (χ1) is 9.51. The molecular formula is C16H30N2O2. The summed E-state index contributed by atoms with van der Waals surface area (Å²) in [6.45, 7) is 7.77. The Labute approximate surface area is 123 Å². The van der Waals surface area contributed by atoms with Crippen molar-refractivity contribution in [2.45, 2.75) is 77.0 Å². The van der Waals surface area contributed by atoms with Crippen molar-refractivity contribution in [2.24, 2.45) is 5.92 Å². The van der Waals surface area contributed by atoms with Crippen LogP contribution in [0.4, 0.5) is 0 Å². The van der Waals surface area contributed by atoms with Gasteiger partial charge in [0.1, 0.15) is 0 Å². The highest BCUT2D eigenvalue weighted by atomic mass is 16.5. The molecule has 0 radical (unpaired) electrons. The molecule has 2 N–H and O–H groups in total. The Balaban J connectivity index is 1.78. The maximum Gasteiger partial charge on any atom is 0.236 e. The van der Waals surface area contributed by atoms with Crippen LogP contribution in [0.3, 0.4) is 0 Å². The lowest BCUT2D eigenvalue weighted by Crippen LogP contribution is -2.52. The van der Waals surface area contributed by atoms with E-state index in [2.05, 4.69) is 24.5 Å². The molecule has 1 saturated carbocycles. The summed E-state index contributed by atoms with van der Waals surface area (Å²) in [5.41, 5.74) is 0.115. The van der Waals surface area contributed by atoms with Gasteiger partial charge in [0.05, 0.1) is 11.6 Å². The molecule has 1 saturated heterocycles. The predicted molar refractivity (Wildman–Crippen MR) is 80.6 cm³/mol. The smallest absolute Gasteiger partial charge is 0.236 e. The monoisotopic (exact) mass is 282 g/mol. The minimum atomic E-state index is -0.115. The molecule has 4 nitrogen and oxygen atoms in total. The molecule has 1 heterocycles. The van der Waals surface area contributed by atoms with Crippen molar-refractivity contribution in [3.8, 4) is 0 Å². The normalized spacial score (nSPS) is 26.9. The third kappa shape index (κ3) is 4.19. The van der Waals surface area contributed by atoms with Crippen LogP contribution in [-0.2, 0) is 9.53 Å². The molecule has 2 rings (SSSR count). The van der Waals surface area contributed by atoms with Crippen LogP contribution in [0, 0.1) is 5.92 Å². The maximum absolute atomic E-state index is 12.0. The predicted octanol–water partition coefficient (Wildman–Crippen LogP) is 2.23. The molecule has 2 aliphatic rings. The molecule has 116 valence electrons. The second-order valence-corrected chi connectivity index (χ2v) is 6.96. The van der Waals surface area contributed by atoms with Crippen molar-refractivity contribution in [1.29, 1.82) is 0 Å². The molecule has 2 fully saturated rings. The fourth-order valence-electron chi connectivity index (χ4n) is 3.42. The van der Waals surface area contributed by atoms with Crippen LogP contribution in [0.5, 0.6) is 0 Å². The van der Waals surface area contributed by atoms with Crippen LogP contribution in [-0.4, -0.2) is 36.7 Å². The first-order valence-electron chi connectivity index (χ1n) is 8.18. The van der Waals surface area contributed by atoms with Crippen LogP contribution < -0.4 is 10.6 Å². The lowest BCUT2D eigenvalue weighted by molar-refractivity contribution is -0.124. The number of carbonyl (C=O) groups excluding carboxylic acids is 1. The van der Waals surface area contributed by atoms with E-state index in [1.54, 1.807) is 0 Å². The summed E-state index contributed by atoms with van der Waals surface area (Å²) in [6, 6.07) is 0.303. The quantitative estimate of drug-likeness (QED) is 0.813. The standard InChI is InChI=1S/C16H30N2O2/c1-12(2)11-17-15(19)13(3)18-14-6-9-20-16(10-14)7-4-5-8-16/h12-14,18H,4-11H2,1-3H3,(H,17,19). The summed E-state index contributed by atoms with van der Waals surface area (Å²) >= 11 is 0. The van der Waals surface area contributed by atoms with Crippen LogP contribution in [0.1, 0.15) is 59.3 Å². The minimum absolute atomic E-state index is 0.115. The largest absolute Gasteiger partial charge is 0.375 e. The summed E-state index contributed by atoms with van der Waals surface area (Å²) in [6.07, 6.45) is 7.05. The molecule has 0 aromatic carbocycles. The van der Waals surface area contributed by atoms with Crippen LogP contribution >= 0.6 is 0 Å². The summed E-state index contributed by atoms with van der Waals surface area (Å²) < 4.78 is 6.04. The van der Waals surface area contributed by atoms with E-state index < -0.39 is 0 Å². The average Bonchev–Trinajstić information content (AvgIpc) is 2.83. The SMILES string of the molecule is CC(C)CNC(=O)C(C)NC1CCOC2(CCCC2)C1. The van der Waals surface area contributed by atoms with Crippen molar-refractivity contribution >= 4 is 5.91 Å². The van der Waals surface area contributed by atoms with Crippen LogP contribution in [0.2, 0.25) is 0 Å². The highest BCUT2D eigenvalue weighted by molar-refractivity contribution is 5.81. The highest BCUT2D eigenvalue weighted by Gasteiger charge is 2.40. The summed E-state index contributed by atoms with van der Waals surface area (Å²) in [4.78, 5) is 12.0. The van der Waals surface area contributed by atoms with Crippen molar-refractivity contribution in [3.05, 3.63) is 0 Å². The van der Waals surface area contributed by atoms with E-state index in [1.807, 2.05) is 6.92 Å². The molecule has 4 heteroatoms. The third-order valence-corrected chi connectivity index (χ3v) is 4.57. The van der Waals surface area contributed by atoms with E-state index in [9.17, 15) is 4.79 Å².